The van der Waals surface area contributed by atoms with Gasteiger partial charge in [0.25, 0.3) is 0 Å². The van der Waals surface area contributed by atoms with Gasteiger partial charge in [0.2, 0.25) is 10.0 Å². The third-order valence-corrected chi connectivity index (χ3v) is 5.04. The minimum atomic E-state index is -3.56. The van der Waals surface area contributed by atoms with E-state index in [1.807, 2.05) is 0 Å². The average Bonchev–Trinajstić information content (AvgIpc) is 2.47. The lowest BCUT2D eigenvalue weighted by atomic mass is 9.99. The van der Waals surface area contributed by atoms with Crippen LogP contribution in [0.1, 0.15) is 12.8 Å². The average molecular weight is 284 g/mol. The van der Waals surface area contributed by atoms with Crippen LogP contribution in [0.4, 0.5) is 0 Å². The SMILES string of the molecule is NC(=NO)C1CCCN(S(=O)(=O)c2cccnc2)C1. The van der Waals surface area contributed by atoms with Crippen LogP contribution in [0.2, 0.25) is 0 Å². The summed E-state index contributed by atoms with van der Waals surface area (Å²) in [5.74, 6) is -0.170. The van der Waals surface area contributed by atoms with Crippen molar-refractivity contribution in [3.63, 3.8) is 0 Å². The van der Waals surface area contributed by atoms with Gasteiger partial charge in [-0.25, -0.2) is 8.42 Å². The molecule has 0 radical (unpaired) electrons. The maximum atomic E-state index is 12.4. The van der Waals surface area contributed by atoms with Crippen molar-refractivity contribution >= 4 is 15.9 Å². The lowest BCUT2D eigenvalue weighted by Gasteiger charge is -2.31. The van der Waals surface area contributed by atoms with Crippen LogP contribution in [0.3, 0.4) is 0 Å². The first-order valence-electron chi connectivity index (χ1n) is 5.93. The first-order valence-corrected chi connectivity index (χ1v) is 7.37. The number of sulfonamides is 1. The van der Waals surface area contributed by atoms with E-state index in [0.717, 1.165) is 6.42 Å². The van der Waals surface area contributed by atoms with Gasteiger partial charge >= 0.3 is 0 Å². The van der Waals surface area contributed by atoms with Crippen LogP contribution >= 0.6 is 0 Å². The third-order valence-electron chi connectivity index (χ3n) is 3.19. The molecular weight excluding hydrogens is 268 g/mol. The van der Waals surface area contributed by atoms with E-state index < -0.39 is 10.0 Å². The summed E-state index contributed by atoms with van der Waals surface area (Å²) in [4.78, 5) is 3.98. The minimum Gasteiger partial charge on any atom is -0.409 e. The zero-order valence-corrected chi connectivity index (χ0v) is 11.1. The highest BCUT2D eigenvalue weighted by molar-refractivity contribution is 7.89. The summed E-state index contributed by atoms with van der Waals surface area (Å²) in [6, 6.07) is 3.09. The van der Waals surface area contributed by atoms with Gasteiger partial charge in [0.15, 0.2) is 0 Å². The maximum Gasteiger partial charge on any atom is 0.244 e. The highest BCUT2D eigenvalue weighted by Crippen LogP contribution is 2.23. The number of pyridine rings is 1. The van der Waals surface area contributed by atoms with Crippen molar-refractivity contribution in [1.82, 2.24) is 9.29 Å². The summed E-state index contributed by atoms with van der Waals surface area (Å²) in [7, 11) is -3.56. The second kappa shape index (κ2) is 5.54. The smallest absolute Gasteiger partial charge is 0.244 e. The minimum absolute atomic E-state index is 0.0751. The van der Waals surface area contributed by atoms with Crippen LogP contribution in [0.25, 0.3) is 0 Å². The van der Waals surface area contributed by atoms with Crippen molar-refractivity contribution in [2.45, 2.75) is 17.7 Å². The third kappa shape index (κ3) is 2.85. The quantitative estimate of drug-likeness (QED) is 0.357. The van der Waals surface area contributed by atoms with Gasteiger partial charge in [0.05, 0.1) is 0 Å². The van der Waals surface area contributed by atoms with Gasteiger partial charge in [0.1, 0.15) is 10.7 Å². The van der Waals surface area contributed by atoms with Crippen LogP contribution in [0.5, 0.6) is 0 Å². The number of rotatable bonds is 3. The fourth-order valence-corrected chi connectivity index (χ4v) is 3.62. The molecule has 1 aliphatic heterocycles. The van der Waals surface area contributed by atoms with Gasteiger partial charge in [-0.1, -0.05) is 5.16 Å². The Balaban J connectivity index is 2.22. The van der Waals surface area contributed by atoms with Crippen molar-refractivity contribution in [3.05, 3.63) is 24.5 Å². The molecule has 0 aromatic carbocycles. The number of oxime groups is 1. The van der Waals surface area contributed by atoms with E-state index in [1.165, 1.54) is 22.8 Å². The lowest BCUT2D eigenvalue weighted by molar-refractivity contribution is 0.287. The fourth-order valence-electron chi connectivity index (χ4n) is 2.13. The van der Waals surface area contributed by atoms with Gasteiger partial charge in [-0.3, -0.25) is 4.98 Å². The van der Waals surface area contributed by atoms with Gasteiger partial charge in [-0.05, 0) is 25.0 Å². The summed E-state index contributed by atoms with van der Waals surface area (Å²) in [5, 5.41) is 11.6. The predicted octanol–water partition coefficient (Wildman–Crippen LogP) is 0.229. The van der Waals surface area contributed by atoms with Crippen molar-refractivity contribution in [1.29, 1.82) is 0 Å². The second-order valence-corrected chi connectivity index (χ2v) is 6.35. The molecule has 1 fully saturated rings. The number of aromatic nitrogens is 1. The molecule has 1 aromatic heterocycles. The Morgan fingerprint density at radius 3 is 3.00 bits per heavy atom. The van der Waals surface area contributed by atoms with Crippen LogP contribution in [0.15, 0.2) is 34.6 Å². The molecule has 1 aromatic rings. The highest BCUT2D eigenvalue weighted by Gasteiger charge is 2.31. The molecule has 104 valence electrons. The molecule has 0 spiro atoms. The van der Waals surface area contributed by atoms with Gasteiger partial charge in [-0.15, -0.1) is 0 Å². The van der Waals surface area contributed by atoms with E-state index in [4.69, 9.17) is 10.9 Å². The molecule has 1 aliphatic rings. The maximum absolute atomic E-state index is 12.4. The number of hydrogen-bond acceptors (Lipinski definition) is 5. The number of nitrogens with two attached hydrogens (primary N) is 1. The molecule has 8 heteroatoms. The van der Waals surface area contributed by atoms with E-state index in [0.29, 0.717) is 13.0 Å². The lowest BCUT2D eigenvalue weighted by Crippen LogP contribution is -2.44. The molecule has 2 heterocycles. The number of piperidine rings is 1. The molecule has 0 amide bonds. The monoisotopic (exact) mass is 284 g/mol. The molecule has 3 N–H and O–H groups in total. The standard InChI is InChI=1S/C11H16N4O3S/c12-11(14-16)9-3-2-6-15(8-9)19(17,18)10-4-1-5-13-7-10/h1,4-5,7,9,16H,2-3,6,8H2,(H2,12,14). The Morgan fingerprint density at radius 2 is 2.37 bits per heavy atom. The van der Waals surface area contributed by atoms with Crippen LogP contribution in [-0.4, -0.2) is 41.8 Å². The summed E-state index contributed by atoms with van der Waals surface area (Å²) in [6.45, 7) is 0.666. The number of nitrogens with zero attached hydrogens (tertiary/aromatic N) is 3. The normalized spacial score (nSPS) is 22.3. The van der Waals surface area contributed by atoms with E-state index in [9.17, 15) is 8.42 Å². The molecule has 1 atom stereocenters. The fraction of sp³-hybridized carbons (Fsp3) is 0.455. The van der Waals surface area contributed by atoms with Gasteiger partial charge in [0, 0.05) is 31.4 Å². The predicted molar refractivity (Wildman–Crippen MR) is 69.1 cm³/mol. The van der Waals surface area contributed by atoms with Crippen molar-refractivity contribution in [2.24, 2.45) is 16.8 Å². The summed E-state index contributed by atoms with van der Waals surface area (Å²) < 4.78 is 26.1. The Morgan fingerprint density at radius 1 is 1.58 bits per heavy atom. The molecule has 0 saturated carbocycles. The van der Waals surface area contributed by atoms with Crippen molar-refractivity contribution in [3.8, 4) is 0 Å². The van der Waals surface area contributed by atoms with E-state index in [2.05, 4.69) is 10.1 Å². The first-order chi connectivity index (χ1) is 9.05. The zero-order chi connectivity index (χ0) is 13.9. The Labute approximate surface area is 111 Å². The van der Waals surface area contributed by atoms with E-state index in [-0.39, 0.29) is 23.2 Å². The summed E-state index contributed by atoms with van der Waals surface area (Å²) in [6.07, 6.45) is 4.24. The molecular formula is C11H16N4O3S. The molecule has 1 saturated heterocycles. The molecule has 0 bridgehead atoms. The van der Waals surface area contributed by atoms with Crippen molar-refractivity contribution in [2.75, 3.05) is 13.1 Å². The molecule has 0 aliphatic carbocycles. The highest BCUT2D eigenvalue weighted by atomic mass is 32.2. The Kier molecular flexibility index (Phi) is 4.01. The number of amidine groups is 1. The molecule has 1 unspecified atom stereocenters. The molecule has 7 nitrogen and oxygen atoms in total. The van der Waals surface area contributed by atoms with Gasteiger partial charge in [-0.2, -0.15) is 4.31 Å². The second-order valence-electron chi connectivity index (χ2n) is 4.42. The number of hydrogen-bond donors (Lipinski definition) is 2. The van der Waals surface area contributed by atoms with Crippen LogP contribution in [0, 0.1) is 5.92 Å². The summed E-state index contributed by atoms with van der Waals surface area (Å²) >= 11 is 0. The van der Waals surface area contributed by atoms with Gasteiger partial charge < -0.3 is 10.9 Å². The topological polar surface area (TPSA) is 109 Å². The summed E-state index contributed by atoms with van der Waals surface area (Å²) in [5.41, 5.74) is 5.56. The largest absolute Gasteiger partial charge is 0.409 e. The van der Waals surface area contributed by atoms with Crippen molar-refractivity contribution < 1.29 is 13.6 Å². The zero-order valence-electron chi connectivity index (χ0n) is 10.3. The molecule has 19 heavy (non-hydrogen) atoms. The Bertz CT molecular complexity index is 559. The van der Waals surface area contributed by atoms with Crippen LogP contribution in [-0.2, 0) is 10.0 Å². The van der Waals surface area contributed by atoms with E-state index >= 15 is 0 Å². The Hall–Kier alpha value is -1.67. The van der Waals surface area contributed by atoms with E-state index in [1.54, 1.807) is 6.07 Å². The van der Waals surface area contributed by atoms with Crippen LogP contribution < -0.4 is 5.73 Å². The molecule has 2 rings (SSSR count). The first kappa shape index (κ1) is 13.8.